The van der Waals surface area contributed by atoms with Crippen molar-refractivity contribution < 1.29 is 4.18 Å². The molecule has 1 rings (SSSR count). The molecule has 1 aromatic rings. The molecule has 0 amide bonds. The normalized spacial score (nSPS) is 9.25. The average Bonchev–Trinajstić information content (AvgIpc) is 2.14. The number of hydrogen-bond donors (Lipinski definition) is 1. The second-order valence-electron chi connectivity index (χ2n) is 1.46. The fraction of sp³-hybridized carbons (Fsp3) is 0.200. The van der Waals surface area contributed by atoms with Gasteiger partial charge in [0, 0.05) is 17.8 Å². The van der Waals surface area contributed by atoms with Crippen molar-refractivity contribution in [1.29, 1.82) is 0 Å². The van der Waals surface area contributed by atoms with E-state index in [-0.39, 0.29) is 0 Å². The highest BCUT2D eigenvalue weighted by atomic mass is 32.1. The fourth-order valence-corrected chi connectivity index (χ4v) is 1.26. The standard InChI is InChI=1S/C5H6OS2/c1-4-2-3-5(6-7)8-4/h2-3,7H,1H3. The molecule has 0 fully saturated rings. The number of hydrogen-bond acceptors (Lipinski definition) is 3. The minimum absolute atomic E-state index is 0.853. The van der Waals surface area contributed by atoms with E-state index in [1.807, 2.05) is 19.1 Å². The Bertz CT molecular complexity index is 171. The lowest BCUT2D eigenvalue weighted by atomic mass is 10.5. The average molecular weight is 146 g/mol. The van der Waals surface area contributed by atoms with Crippen LogP contribution in [0.1, 0.15) is 4.88 Å². The largest absolute Gasteiger partial charge is 0.418 e. The number of rotatable bonds is 1. The predicted octanol–water partition coefficient (Wildman–Crippen LogP) is 2.28. The van der Waals surface area contributed by atoms with Gasteiger partial charge in [-0.2, -0.15) is 0 Å². The van der Waals surface area contributed by atoms with Crippen LogP contribution < -0.4 is 4.18 Å². The molecule has 0 unspecified atom stereocenters. The summed E-state index contributed by atoms with van der Waals surface area (Å²) in [4.78, 5) is 1.24. The maximum atomic E-state index is 4.65. The summed E-state index contributed by atoms with van der Waals surface area (Å²) in [6, 6.07) is 3.89. The van der Waals surface area contributed by atoms with Crippen LogP contribution in [-0.4, -0.2) is 0 Å². The van der Waals surface area contributed by atoms with Crippen molar-refractivity contribution in [2.24, 2.45) is 0 Å². The third kappa shape index (κ3) is 1.17. The van der Waals surface area contributed by atoms with Crippen LogP contribution in [0.5, 0.6) is 5.06 Å². The van der Waals surface area contributed by atoms with Crippen LogP contribution in [0.2, 0.25) is 0 Å². The Labute approximate surface area is 57.9 Å². The van der Waals surface area contributed by atoms with Gasteiger partial charge in [0.05, 0.1) is 0 Å². The first-order valence-electron chi connectivity index (χ1n) is 2.21. The van der Waals surface area contributed by atoms with Crippen LogP contribution in [0.3, 0.4) is 0 Å². The molecule has 0 aliphatic heterocycles. The van der Waals surface area contributed by atoms with Gasteiger partial charge in [-0.05, 0) is 19.1 Å². The number of thiol groups is 1. The van der Waals surface area contributed by atoms with Gasteiger partial charge in [-0.1, -0.05) is 0 Å². The van der Waals surface area contributed by atoms with Crippen molar-refractivity contribution in [3.63, 3.8) is 0 Å². The molecule has 0 radical (unpaired) electrons. The molecule has 1 heterocycles. The summed E-state index contributed by atoms with van der Waals surface area (Å²) in [7, 11) is 0. The zero-order valence-corrected chi connectivity index (χ0v) is 6.13. The molecule has 8 heavy (non-hydrogen) atoms. The van der Waals surface area contributed by atoms with E-state index in [2.05, 4.69) is 17.1 Å². The summed E-state index contributed by atoms with van der Waals surface area (Å²) in [5, 5.41) is 0.853. The van der Waals surface area contributed by atoms with Crippen molar-refractivity contribution in [2.45, 2.75) is 6.92 Å². The Morgan fingerprint density at radius 3 is 2.62 bits per heavy atom. The molecule has 44 valence electrons. The van der Waals surface area contributed by atoms with Crippen LogP contribution >= 0.6 is 24.2 Å². The molecule has 0 aromatic carbocycles. The Hall–Kier alpha value is -0.150. The van der Waals surface area contributed by atoms with Gasteiger partial charge in [-0.3, -0.25) is 0 Å². The van der Waals surface area contributed by atoms with Crippen LogP contribution in [0, 0.1) is 6.92 Å². The topological polar surface area (TPSA) is 9.23 Å². The molecular weight excluding hydrogens is 140 g/mol. The smallest absolute Gasteiger partial charge is 0.190 e. The zero-order chi connectivity index (χ0) is 5.98. The minimum atomic E-state index is 0.853. The van der Waals surface area contributed by atoms with Crippen LogP contribution in [0.15, 0.2) is 12.1 Å². The van der Waals surface area contributed by atoms with Gasteiger partial charge < -0.3 is 4.18 Å². The molecule has 0 aliphatic carbocycles. The first kappa shape index (κ1) is 5.98. The van der Waals surface area contributed by atoms with E-state index in [0.717, 1.165) is 5.06 Å². The highest BCUT2D eigenvalue weighted by molar-refractivity contribution is 7.75. The third-order valence-electron chi connectivity index (χ3n) is 0.806. The molecule has 0 N–H and O–H groups in total. The maximum Gasteiger partial charge on any atom is 0.190 e. The van der Waals surface area contributed by atoms with Crippen molar-refractivity contribution in [2.75, 3.05) is 0 Å². The van der Waals surface area contributed by atoms with Crippen molar-refractivity contribution in [1.82, 2.24) is 0 Å². The summed E-state index contributed by atoms with van der Waals surface area (Å²) >= 11 is 5.22. The van der Waals surface area contributed by atoms with Crippen LogP contribution in [0.25, 0.3) is 0 Å². The highest BCUT2D eigenvalue weighted by Gasteiger charge is 1.91. The van der Waals surface area contributed by atoms with E-state index < -0.39 is 0 Å². The molecule has 1 aromatic heterocycles. The fourth-order valence-electron chi connectivity index (χ4n) is 0.461. The van der Waals surface area contributed by atoms with Gasteiger partial charge in [-0.15, -0.1) is 11.3 Å². The number of thiophene rings is 1. The van der Waals surface area contributed by atoms with E-state index in [1.54, 1.807) is 11.3 Å². The summed E-state index contributed by atoms with van der Waals surface area (Å²) in [5.74, 6) is 0. The van der Waals surface area contributed by atoms with Gasteiger partial charge in [0.2, 0.25) is 0 Å². The van der Waals surface area contributed by atoms with Crippen molar-refractivity contribution >= 4 is 24.2 Å². The summed E-state index contributed by atoms with van der Waals surface area (Å²) in [6.07, 6.45) is 0. The molecule has 0 spiro atoms. The second kappa shape index (κ2) is 2.42. The molecule has 3 heteroatoms. The lowest BCUT2D eigenvalue weighted by Gasteiger charge is -1.84. The van der Waals surface area contributed by atoms with Gasteiger partial charge in [0.25, 0.3) is 0 Å². The molecular formula is C5H6OS2. The Morgan fingerprint density at radius 1 is 1.62 bits per heavy atom. The van der Waals surface area contributed by atoms with Crippen molar-refractivity contribution in [3.05, 3.63) is 17.0 Å². The Morgan fingerprint density at radius 2 is 2.38 bits per heavy atom. The predicted molar refractivity (Wildman–Crippen MR) is 38.7 cm³/mol. The van der Waals surface area contributed by atoms with E-state index in [4.69, 9.17) is 0 Å². The SMILES string of the molecule is Cc1ccc(OS)s1. The van der Waals surface area contributed by atoms with Gasteiger partial charge in [0.15, 0.2) is 5.06 Å². The summed E-state index contributed by atoms with van der Waals surface area (Å²) in [6.45, 7) is 2.03. The lowest BCUT2D eigenvalue weighted by molar-refractivity contribution is 0.679. The number of aryl methyl sites for hydroxylation is 1. The molecule has 0 aliphatic rings. The Balaban J connectivity index is 2.84. The first-order valence-corrected chi connectivity index (χ1v) is 3.39. The third-order valence-corrected chi connectivity index (χ3v) is 2.00. The summed E-state index contributed by atoms with van der Waals surface area (Å²) in [5.41, 5.74) is 0. The van der Waals surface area contributed by atoms with E-state index in [0.29, 0.717) is 0 Å². The first-order chi connectivity index (χ1) is 3.83. The molecule has 0 bridgehead atoms. The minimum Gasteiger partial charge on any atom is -0.418 e. The van der Waals surface area contributed by atoms with Gasteiger partial charge in [0.1, 0.15) is 0 Å². The molecule has 1 nitrogen and oxygen atoms in total. The summed E-state index contributed by atoms with van der Waals surface area (Å²) < 4.78 is 4.65. The molecule has 0 saturated carbocycles. The van der Waals surface area contributed by atoms with E-state index in [9.17, 15) is 0 Å². The second-order valence-corrected chi connectivity index (χ2v) is 2.89. The zero-order valence-electron chi connectivity index (χ0n) is 4.42. The molecule has 0 saturated heterocycles. The molecule has 0 atom stereocenters. The van der Waals surface area contributed by atoms with Gasteiger partial charge in [-0.25, -0.2) is 0 Å². The van der Waals surface area contributed by atoms with Crippen LogP contribution in [-0.2, 0) is 0 Å². The quantitative estimate of drug-likeness (QED) is 0.472. The maximum absolute atomic E-state index is 4.65. The van der Waals surface area contributed by atoms with Crippen LogP contribution in [0.4, 0.5) is 0 Å². The highest BCUT2D eigenvalue weighted by Crippen LogP contribution is 2.23. The van der Waals surface area contributed by atoms with E-state index >= 15 is 0 Å². The Kier molecular flexibility index (Phi) is 1.81. The monoisotopic (exact) mass is 146 g/mol. The lowest BCUT2D eigenvalue weighted by Crippen LogP contribution is -1.60. The van der Waals surface area contributed by atoms with Gasteiger partial charge >= 0.3 is 0 Å². The van der Waals surface area contributed by atoms with E-state index in [1.165, 1.54) is 4.88 Å². The van der Waals surface area contributed by atoms with Crippen molar-refractivity contribution in [3.8, 4) is 5.06 Å².